The Morgan fingerprint density at radius 3 is 2.59 bits per heavy atom. The van der Waals surface area contributed by atoms with E-state index in [1.807, 2.05) is 24.3 Å². The molecule has 2 aromatic carbocycles. The maximum absolute atomic E-state index is 12.7. The quantitative estimate of drug-likeness (QED) is 0.624. The zero-order chi connectivity index (χ0) is 21.0. The summed E-state index contributed by atoms with van der Waals surface area (Å²) < 4.78 is 1.55. The number of aliphatic hydroxyl groups excluding tert-OH is 1. The number of nitrogens with zero attached hydrogens (tertiary/aromatic N) is 2. The van der Waals surface area contributed by atoms with Crippen LogP contribution in [0.3, 0.4) is 0 Å². The predicted octanol–water partition coefficient (Wildman–Crippen LogP) is 2.45. The van der Waals surface area contributed by atoms with Gasteiger partial charge in [0.15, 0.2) is 0 Å². The van der Waals surface area contributed by atoms with Gasteiger partial charge in [0.1, 0.15) is 5.56 Å². The molecule has 148 valence electrons. The lowest BCUT2D eigenvalue weighted by Gasteiger charge is -2.12. The summed E-state index contributed by atoms with van der Waals surface area (Å²) in [6.07, 6.45) is 1.74. The molecular formula is C21H19N3O5. The fraction of sp³-hybridized carbons (Fsp3) is 0.190. The highest BCUT2D eigenvalue weighted by molar-refractivity contribution is 5.97. The third kappa shape index (κ3) is 4.44. The molecule has 8 nitrogen and oxygen atoms in total. The number of anilines is 1. The number of benzene rings is 2. The molecule has 0 atom stereocenters. The maximum atomic E-state index is 12.7. The Bertz CT molecular complexity index is 1170. The number of hydrogen-bond acceptors (Lipinski definition) is 5. The average molecular weight is 393 g/mol. The highest BCUT2D eigenvalue weighted by atomic mass is 16.3. The Balaban J connectivity index is 2.06. The molecule has 2 N–H and O–H groups in total. The van der Waals surface area contributed by atoms with Crippen LogP contribution in [-0.4, -0.2) is 28.1 Å². The molecule has 0 aliphatic heterocycles. The number of rotatable bonds is 6. The van der Waals surface area contributed by atoms with Gasteiger partial charge < -0.3 is 15.0 Å². The van der Waals surface area contributed by atoms with Crippen molar-refractivity contribution in [3.8, 4) is 0 Å². The van der Waals surface area contributed by atoms with Gasteiger partial charge in [-0.25, -0.2) is 0 Å². The van der Waals surface area contributed by atoms with Crippen LogP contribution in [0.5, 0.6) is 0 Å². The third-order valence-electron chi connectivity index (χ3n) is 4.45. The van der Waals surface area contributed by atoms with Crippen molar-refractivity contribution in [2.24, 2.45) is 5.18 Å². The van der Waals surface area contributed by atoms with Gasteiger partial charge >= 0.3 is 5.91 Å². The third-order valence-corrected chi connectivity index (χ3v) is 4.45. The number of aliphatic hydroxyl groups is 1. The van der Waals surface area contributed by atoms with Crippen molar-refractivity contribution in [1.29, 1.82) is 0 Å². The van der Waals surface area contributed by atoms with Crippen molar-refractivity contribution in [1.82, 2.24) is 4.57 Å². The molecule has 3 aromatic rings. The normalized spacial score (nSPS) is 10.7. The summed E-state index contributed by atoms with van der Waals surface area (Å²) in [4.78, 5) is 46.4. The van der Waals surface area contributed by atoms with Crippen LogP contribution in [0.15, 0.2) is 58.6 Å². The van der Waals surface area contributed by atoms with E-state index in [1.54, 1.807) is 22.8 Å². The second kappa shape index (κ2) is 8.57. The van der Waals surface area contributed by atoms with E-state index in [0.717, 1.165) is 11.1 Å². The number of carbonyl (C=O) groups excluding carboxylic acids is 2. The van der Waals surface area contributed by atoms with Crippen LogP contribution in [0.1, 0.15) is 28.4 Å². The van der Waals surface area contributed by atoms with Crippen molar-refractivity contribution < 1.29 is 14.7 Å². The van der Waals surface area contributed by atoms with Gasteiger partial charge in [-0.2, -0.15) is 0 Å². The van der Waals surface area contributed by atoms with E-state index < -0.39 is 11.3 Å². The van der Waals surface area contributed by atoms with E-state index in [2.05, 4.69) is 10.5 Å². The first-order chi connectivity index (χ1) is 13.9. The number of aromatic nitrogens is 1. The van der Waals surface area contributed by atoms with E-state index in [1.165, 1.54) is 13.1 Å². The first-order valence-corrected chi connectivity index (χ1v) is 8.94. The van der Waals surface area contributed by atoms with Gasteiger partial charge in [0, 0.05) is 35.9 Å². The van der Waals surface area contributed by atoms with Gasteiger partial charge in [0.2, 0.25) is 11.3 Å². The first-order valence-electron chi connectivity index (χ1n) is 8.94. The lowest BCUT2D eigenvalue weighted by molar-refractivity contribution is -0.114. The van der Waals surface area contributed by atoms with Crippen LogP contribution in [0.2, 0.25) is 0 Å². The zero-order valence-corrected chi connectivity index (χ0v) is 15.7. The fourth-order valence-electron chi connectivity index (χ4n) is 3.25. The van der Waals surface area contributed by atoms with Crippen LogP contribution < -0.4 is 10.7 Å². The molecule has 0 saturated heterocycles. The lowest BCUT2D eigenvalue weighted by atomic mass is 10.0. The number of nitrogens with one attached hydrogen (secondary N) is 1. The molecule has 0 unspecified atom stereocenters. The smallest absolute Gasteiger partial charge is 0.322 e. The molecule has 29 heavy (non-hydrogen) atoms. The van der Waals surface area contributed by atoms with Gasteiger partial charge in [-0.15, -0.1) is 4.91 Å². The Labute approximate surface area is 165 Å². The summed E-state index contributed by atoms with van der Waals surface area (Å²) in [5, 5.41) is 14.6. The van der Waals surface area contributed by atoms with Crippen LogP contribution in [0.4, 0.5) is 5.69 Å². The highest BCUT2D eigenvalue weighted by Crippen LogP contribution is 2.19. The minimum Gasteiger partial charge on any atom is -0.395 e. The maximum Gasteiger partial charge on any atom is 0.322 e. The number of hydrogen-bond donors (Lipinski definition) is 2. The van der Waals surface area contributed by atoms with E-state index in [9.17, 15) is 24.4 Å². The number of nitroso groups, excluding NO2 is 1. The number of fused-ring (bicyclic) bond motifs is 1. The van der Waals surface area contributed by atoms with Crippen molar-refractivity contribution in [2.75, 3.05) is 11.9 Å². The van der Waals surface area contributed by atoms with Crippen LogP contribution in [0.25, 0.3) is 10.9 Å². The summed E-state index contributed by atoms with van der Waals surface area (Å²) >= 11 is 0. The van der Waals surface area contributed by atoms with E-state index >= 15 is 0 Å². The monoisotopic (exact) mass is 393 g/mol. The summed E-state index contributed by atoms with van der Waals surface area (Å²) in [5.41, 5.74) is 2.05. The van der Waals surface area contributed by atoms with Crippen molar-refractivity contribution in [3.05, 3.63) is 80.5 Å². The van der Waals surface area contributed by atoms with Gasteiger partial charge in [0.25, 0.3) is 0 Å². The van der Waals surface area contributed by atoms with Gasteiger partial charge in [-0.1, -0.05) is 18.2 Å². The second-order valence-electron chi connectivity index (χ2n) is 6.60. The molecule has 1 heterocycles. The van der Waals surface area contributed by atoms with Crippen molar-refractivity contribution in [3.63, 3.8) is 0 Å². The molecular weight excluding hydrogens is 374 g/mol. The summed E-state index contributed by atoms with van der Waals surface area (Å²) in [5.74, 6) is -1.31. The standard InChI is InChI=1S/C21H19N3O5/c1-13(26)22-16-4-2-3-14(10-16)9-15-5-6-19-17(11-15)20(27)18(21(28)23-29)12-24(19)7-8-25/h2-6,10-12,25H,7-9H2,1H3,(H,22,26). The summed E-state index contributed by atoms with van der Waals surface area (Å²) in [7, 11) is 0. The molecule has 0 saturated carbocycles. The molecule has 1 aromatic heterocycles. The van der Waals surface area contributed by atoms with Crippen LogP contribution >= 0.6 is 0 Å². The van der Waals surface area contributed by atoms with Gasteiger partial charge in [0.05, 0.1) is 12.1 Å². The van der Waals surface area contributed by atoms with Gasteiger partial charge in [-0.05, 0) is 41.8 Å². The fourth-order valence-corrected chi connectivity index (χ4v) is 3.25. The Morgan fingerprint density at radius 2 is 1.90 bits per heavy atom. The summed E-state index contributed by atoms with van der Waals surface area (Å²) in [6.45, 7) is 1.40. The lowest BCUT2D eigenvalue weighted by Crippen LogP contribution is -2.19. The minimum atomic E-state index is -1.14. The Kier molecular flexibility index (Phi) is 5.94. The van der Waals surface area contributed by atoms with Crippen LogP contribution in [0, 0.1) is 4.91 Å². The molecule has 0 spiro atoms. The molecule has 0 radical (unpaired) electrons. The molecule has 0 fully saturated rings. The van der Waals surface area contributed by atoms with Gasteiger partial charge in [-0.3, -0.25) is 14.4 Å². The number of pyridine rings is 1. The van der Waals surface area contributed by atoms with E-state index in [4.69, 9.17) is 0 Å². The average Bonchev–Trinajstić information content (AvgIpc) is 2.69. The van der Waals surface area contributed by atoms with E-state index in [-0.39, 0.29) is 30.0 Å². The predicted molar refractivity (Wildman–Crippen MR) is 109 cm³/mol. The second-order valence-corrected chi connectivity index (χ2v) is 6.60. The van der Waals surface area contributed by atoms with Crippen LogP contribution in [-0.2, 0) is 17.8 Å². The molecule has 8 heteroatoms. The Hall–Kier alpha value is -3.65. The molecule has 0 aliphatic rings. The van der Waals surface area contributed by atoms with Crippen molar-refractivity contribution in [2.45, 2.75) is 19.9 Å². The number of amides is 2. The molecule has 0 aliphatic carbocycles. The SMILES string of the molecule is CC(=O)Nc1cccc(Cc2ccc3c(c2)c(=O)c(C(=O)N=O)cn3CCO)c1. The number of carbonyl (C=O) groups is 2. The highest BCUT2D eigenvalue weighted by Gasteiger charge is 2.16. The molecule has 2 amide bonds. The topological polar surface area (TPSA) is 118 Å². The molecule has 0 bridgehead atoms. The minimum absolute atomic E-state index is 0.161. The first kappa shape index (κ1) is 20.1. The largest absolute Gasteiger partial charge is 0.395 e. The molecule has 3 rings (SSSR count). The van der Waals surface area contributed by atoms with Crippen molar-refractivity contribution >= 4 is 28.4 Å². The van der Waals surface area contributed by atoms with E-state index in [0.29, 0.717) is 17.6 Å². The Morgan fingerprint density at radius 1 is 1.14 bits per heavy atom. The summed E-state index contributed by atoms with van der Waals surface area (Å²) in [6, 6.07) is 12.6. The zero-order valence-electron chi connectivity index (χ0n) is 15.7.